The monoisotopic (exact) mass is 359 g/mol. The molecule has 1 aliphatic heterocycles. The summed E-state index contributed by atoms with van der Waals surface area (Å²) in [4.78, 5) is 27.5. The molecule has 25 heavy (non-hydrogen) atoms. The number of carbonyl (C=O) groups is 2. The van der Waals surface area contributed by atoms with E-state index < -0.39 is 0 Å². The van der Waals surface area contributed by atoms with E-state index in [9.17, 15) is 9.59 Å². The van der Waals surface area contributed by atoms with Crippen molar-refractivity contribution in [1.29, 1.82) is 0 Å². The lowest BCUT2D eigenvalue weighted by molar-refractivity contribution is -0.123. The van der Waals surface area contributed by atoms with Gasteiger partial charge in [-0.3, -0.25) is 14.6 Å². The second kappa shape index (κ2) is 7.98. The minimum absolute atomic E-state index is 0.0185. The molecule has 0 radical (unpaired) electrons. The van der Waals surface area contributed by atoms with Gasteiger partial charge in [0.05, 0.1) is 5.02 Å². The molecule has 1 fully saturated rings. The topological polar surface area (TPSA) is 80.3 Å². The molecule has 1 aromatic heterocycles. The zero-order chi connectivity index (χ0) is 17.6. The predicted octanol–water partition coefficient (Wildman–Crippen LogP) is 2.93. The van der Waals surface area contributed by atoms with Gasteiger partial charge in [-0.25, -0.2) is 0 Å². The van der Waals surface area contributed by atoms with E-state index in [0.717, 1.165) is 12.8 Å². The lowest BCUT2D eigenvalue weighted by atomic mass is 10.0. The standard InChI is InChI=1S/C18H18ClN3O3/c19-15-10-12(4-5-16(15)25-14-6-8-20-9-7-14)18(24)21-11-13-2-1-3-17(23)22-13/h4-10,13H,1-3,11H2,(H,21,24)(H,22,23)/t13-/m1/s1. The Morgan fingerprint density at radius 3 is 2.84 bits per heavy atom. The van der Waals surface area contributed by atoms with Crippen LogP contribution < -0.4 is 15.4 Å². The molecule has 3 rings (SSSR count). The molecule has 1 aromatic carbocycles. The van der Waals surface area contributed by atoms with Crippen molar-refractivity contribution in [3.05, 3.63) is 53.3 Å². The average molecular weight is 360 g/mol. The van der Waals surface area contributed by atoms with Crippen LogP contribution in [0.2, 0.25) is 5.02 Å². The van der Waals surface area contributed by atoms with E-state index in [4.69, 9.17) is 16.3 Å². The van der Waals surface area contributed by atoms with E-state index in [2.05, 4.69) is 15.6 Å². The number of rotatable bonds is 5. The average Bonchev–Trinajstić information content (AvgIpc) is 2.62. The SMILES string of the molecule is O=C1CCC[C@H](CNC(=O)c2ccc(Oc3ccncc3)c(Cl)c2)N1. The van der Waals surface area contributed by atoms with E-state index in [-0.39, 0.29) is 17.9 Å². The Labute approximate surface area is 150 Å². The molecule has 2 amide bonds. The highest BCUT2D eigenvalue weighted by Gasteiger charge is 2.19. The van der Waals surface area contributed by atoms with E-state index >= 15 is 0 Å². The summed E-state index contributed by atoms with van der Waals surface area (Å²) in [7, 11) is 0. The van der Waals surface area contributed by atoms with Crippen LogP contribution in [-0.2, 0) is 4.79 Å². The van der Waals surface area contributed by atoms with Gasteiger partial charge in [0.25, 0.3) is 5.91 Å². The maximum atomic E-state index is 12.3. The van der Waals surface area contributed by atoms with Gasteiger partial charge in [-0.15, -0.1) is 0 Å². The molecule has 2 heterocycles. The molecule has 7 heteroatoms. The highest BCUT2D eigenvalue weighted by molar-refractivity contribution is 6.32. The van der Waals surface area contributed by atoms with Gasteiger partial charge in [-0.05, 0) is 43.2 Å². The van der Waals surface area contributed by atoms with Gasteiger partial charge in [0.15, 0.2) is 0 Å². The molecular formula is C18H18ClN3O3. The Morgan fingerprint density at radius 2 is 2.12 bits per heavy atom. The van der Waals surface area contributed by atoms with Crippen molar-refractivity contribution in [3.63, 3.8) is 0 Å². The zero-order valence-corrected chi connectivity index (χ0v) is 14.3. The largest absolute Gasteiger partial charge is 0.456 e. The molecule has 0 spiro atoms. The number of hydrogen-bond donors (Lipinski definition) is 2. The van der Waals surface area contributed by atoms with Crippen LogP contribution in [-0.4, -0.2) is 29.4 Å². The number of halogens is 1. The number of nitrogens with zero attached hydrogens (tertiary/aromatic N) is 1. The summed E-state index contributed by atoms with van der Waals surface area (Å²) < 4.78 is 5.66. The van der Waals surface area contributed by atoms with Crippen LogP contribution in [0.15, 0.2) is 42.7 Å². The third-order valence-electron chi connectivity index (χ3n) is 3.90. The molecule has 2 aromatic rings. The number of nitrogens with one attached hydrogen (secondary N) is 2. The highest BCUT2D eigenvalue weighted by Crippen LogP contribution is 2.29. The second-order valence-corrected chi connectivity index (χ2v) is 6.20. The number of carbonyl (C=O) groups excluding carboxylic acids is 2. The first-order valence-corrected chi connectivity index (χ1v) is 8.44. The molecule has 1 saturated heterocycles. The van der Waals surface area contributed by atoms with Crippen molar-refractivity contribution >= 4 is 23.4 Å². The number of benzene rings is 1. The van der Waals surface area contributed by atoms with Gasteiger partial charge >= 0.3 is 0 Å². The Balaban J connectivity index is 1.59. The lowest BCUT2D eigenvalue weighted by Gasteiger charge is -2.23. The zero-order valence-electron chi connectivity index (χ0n) is 13.5. The van der Waals surface area contributed by atoms with Gasteiger partial charge in [0, 0.05) is 37.0 Å². The van der Waals surface area contributed by atoms with Crippen LogP contribution in [0.1, 0.15) is 29.6 Å². The first-order chi connectivity index (χ1) is 12.1. The van der Waals surface area contributed by atoms with Crippen molar-refractivity contribution in [2.24, 2.45) is 0 Å². The summed E-state index contributed by atoms with van der Waals surface area (Å²) in [5, 5.41) is 6.03. The van der Waals surface area contributed by atoms with Gasteiger partial charge in [-0.2, -0.15) is 0 Å². The molecule has 0 unspecified atom stereocenters. The summed E-state index contributed by atoms with van der Waals surface area (Å²) in [6.45, 7) is 0.400. The van der Waals surface area contributed by atoms with Gasteiger partial charge in [0.1, 0.15) is 11.5 Å². The Kier molecular flexibility index (Phi) is 5.50. The third-order valence-corrected chi connectivity index (χ3v) is 4.20. The van der Waals surface area contributed by atoms with Gasteiger partial charge in [-0.1, -0.05) is 11.6 Å². The smallest absolute Gasteiger partial charge is 0.251 e. The predicted molar refractivity (Wildman–Crippen MR) is 93.9 cm³/mol. The van der Waals surface area contributed by atoms with Crippen LogP contribution in [0.3, 0.4) is 0 Å². The first kappa shape index (κ1) is 17.2. The van der Waals surface area contributed by atoms with Crippen molar-refractivity contribution in [3.8, 4) is 11.5 Å². The first-order valence-electron chi connectivity index (χ1n) is 8.07. The van der Waals surface area contributed by atoms with E-state index in [1.54, 1.807) is 42.7 Å². The van der Waals surface area contributed by atoms with Crippen LogP contribution in [0.4, 0.5) is 0 Å². The summed E-state index contributed by atoms with van der Waals surface area (Å²) >= 11 is 6.21. The Hall–Kier alpha value is -2.60. The minimum Gasteiger partial charge on any atom is -0.456 e. The van der Waals surface area contributed by atoms with E-state index in [1.807, 2.05) is 0 Å². The molecule has 130 valence electrons. The molecule has 1 aliphatic rings. The highest BCUT2D eigenvalue weighted by atomic mass is 35.5. The number of piperidine rings is 1. The quantitative estimate of drug-likeness (QED) is 0.860. The number of aromatic nitrogens is 1. The lowest BCUT2D eigenvalue weighted by Crippen LogP contribution is -2.46. The molecule has 1 atom stereocenters. The van der Waals surface area contributed by atoms with Crippen molar-refractivity contribution in [2.45, 2.75) is 25.3 Å². The number of amides is 2. The maximum absolute atomic E-state index is 12.3. The van der Waals surface area contributed by atoms with E-state index in [0.29, 0.717) is 35.1 Å². The normalized spacial score (nSPS) is 16.8. The van der Waals surface area contributed by atoms with Gasteiger partial charge < -0.3 is 15.4 Å². The second-order valence-electron chi connectivity index (χ2n) is 5.80. The number of hydrogen-bond acceptors (Lipinski definition) is 4. The van der Waals surface area contributed by atoms with Crippen molar-refractivity contribution in [1.82, 2.24) is 15.6 Å². The molecular weight excluding hydrogens is 342 g/mol. The summed E-state index contributed by atoms with van der Waals surface area (Å²) in [6.07, 6.45) is 5.51. The minimum atomic E-state index is -0.239. The van der Waals surface area contributed by atoms with Crippen LogP contribution in [0.25, 0.3) is 0 Å². The van der Waals surface area contributed by atoms with Crippen molar-refractivity contribution < 1.29 is 14.3 Å². The Morgan fingerprint density at radius 1 is 1.32 bits per heavy atom. The Bertz CT molecular complexity index is 767. The molecule has 6 nitrogen and oxygen atoms in total. The van der Waals surface area contributed by atoms with Crippen LogP contribution >= 0.6 is 11.6 Å². The summed E-state index contributed by atoms with van der Waals surface area (Å²) in [5.41, 5.74) is 0.439. The molecule has 0 saturated carbocycles. The fourth-order valence-electron chi connectivity index (χ4n) is 2.61. The summed E-state index contributed by atoms with van der Waals surface area (Å²) in [6, 6.07) is 8.28. The number of pyridine rings is 1. The molecule has 0 aliphatic carbocycles. The van der Waals surface area contributed by atoms with Crippen molar-refractivity contribution in [2.75, 3.05) is 6.54 Å². The van der Waals surface area contributed by atoms with Crippen LogP contribution in [0, 0.1) is 0 Å². The molecule has 0 bridgehead atoms. The van der Waals surface area contributed by atoms with E-state index in [1.165, 1.54) is 0 Å². The number of ether oxygens (including phenoxy) is 1. The fourth-order valence-corrected chi connectivity index (χ4v) is 2.83. The summed E-state index contributed by atoms with van der Waals surface area (Å²) in [5.74, 6) is 0.870. The third kappa shape index (κ3) is 4.70. The maximum Gasteiger partial charge on any atom is 0.251 e. The van der Waals surface area contributed by atoms with Gasteiger partial charge in [0.2, 0.25) is 5.91 Å². The fraction of sp³-hybridized carbons (Fsp3) is 0.278. The van der Waals surface area contributed by atoms with Crippen LogP contribution in [0.5, 0.6) is 11.5 Å². The molecule has 2 N–H and O–H groups in total.